The summed E-state index contributed by atoms with van der Waals surface area (Å²) in [7, 11) is 0. The second kappa shape index (κ2) is 3.80. The minimum absolute atomic E-state index is 0.0312. The summed E-state index contributed by atoms with van der Waals surface area (Å²) in [4.78, 5) is 15.9. The number of rotatable bonds is 2. The summed E-state index contributed by atoms with van der Waals surface area (Å²) in [5, 5.41) is 0.639. The first-order chi connectivity index (χ1) is 6.83. The van der Waals surface area contributed by atoms with Crippen LogP contribution in [0, 0.1) is 0 Å². The molecule has 0 radical (unpaired) electrons. The van der Waals surface area contributed by atoms with Gasteiger partial charge in [0.25, 0.3) is 5.56 Å². The maximum atomic E-state index is 11.8. The summed E-state index contributed by atoms with van der Waals surface area (Å²) < 4.78 is 1.52. The summed E-state index contributed by atoms with van der Waals surface area (Å²) in [5.41, 5.74) is 0.694. The Balaban J connectivity index is 2.69. The third-order valence-electron chi connectivity index (χ3n) is 2.06. The summed E-state index contributed by atoms with van der Waals surface area (Å²) in [6, 6.07) is 7.29. The maximum absolute atomic E-state index is 11.8. The molecule has 0 spiro atoms. The van der Waals surface area contributed by atoms with Gasteiger partial charge in [-0.05, 0) is 12.1 Å². The van der Waals surface area contributed by atoms with Crippen LogP contribution in [0.15, 0.2) is 35.4 Å². The highest BCUT2D eigenvalue weighted by molar-refractivity contribution is 6.17. The molecule has 0 aliphatic carbocycles. The predicted molar refractivity (Wildman–Crippen MR) is 56.7 cm³/mol. The summed E-state index contributed by atoms with van der Waals surface area (Å²) in [5.74, 6) is 0.417. The molecule has 3 nitrogen and oxygen atoms in total. The fourth-order valence-corrected chi connectivity index (χ4v) is 1.54. The lowest BCUT2D eigenvalue weighted by Gasteiger charge is -2.03. The molecule has 1 aromatic carbocycles. The number of benzene rings is 1. The van der Waals surface area contributed by atoms with E-state index in [1.165, 1.54) is 10.9 Å². The Morgan fingerprint density at radius 1 is 1.36 bits per heavy atom. The normalized spacial score (nSPS) is 10.6. The summed E-state index contributed by atoms with van der Waals surface area (Å²) in [6.45, 7) is 0.498. The standard InChI is InChI=1S/C10H9ClN2O/c11-5-6-13-7-12-9-4-2-1-3-8(9)10(13)14/h1-4,7H,5-6H2. The highest BCUT2D eigenvalue weighted by Crippen LogP contribution is 2.04. The number of para-hydroxylation sites is 1. The lowest BCUT2D eigenvalue weighted by Crippen LogP contribution is -2.21. The molecule has 0 fully saturated rings. The topological polar surface area (TPSA) is 34.9 Å². The minimum atomic E-state index is -0.0312. The molecule has 0 unspecified atom stereocenters. The van der Waals surface area contributed by atoms with E-state index in [0.717, 1.165) is 5.52 Å². The van der Waals surface area contributed by atoms with Crippen LogP contribution in [-0.2, 0) is 6.54 Å². The van der Waals surface area contributed by atoms with Crippen LogP contribution in [0.4, 0.5) is 0 Å². The van der Waals surface area contributed by atoms with Crippen LogP contribution in [0.1, 0.15) is 0 Å². The molecule has 0 amide bonds. The van der Waals surface area contributed by atoms with Crippen molar-refractivity contribution in [1.29, 1.82) is 0 Å². The van der Waals surface area contributed by atoms with Gasteiger partial charge in [-0.3, -0.25) is 9.36 Å². The Bertz CT molecular complexity index is 507. The van der Waals surface area contributed by atoms with E-state index in [0.29, 0.717) is 17.8 Å². The highest BCUT2D eigenvalue weighted by atomic mass is 35.5. The van der Waals surface area contributed by atoms with E-state index in [-0.39, 0.29) is 5.56 Å². The second-order valence-corrected chi connectivity index (χ2v) is 3.33. The zero-order chi connectivity index (χ0) is 9.97. The van der Waals surface area contributed by atoms with Gasteiger partial charge < -0.3 is 0 Å². The Hall–Kier alpha value is -1.35. The Morgan fingerprint density at radius 2 is 2.14 bits per heavy atom. The number of hydrogen-bond donors (Lipinski definition) is 0. The minimum Gasteiger partial charge on any atom is -0.298 e. The number of fused-ring (bicyclic) bond motifs is 1. The molecule has 0 aliphatic rings. The van der Waals surface area contributed by atoms with Crippen molar-refractivity contribution < 1.29 is 0 Å². The Labute approximate surface area is 86.0 Å². The second-order valence-electron chi connectivity index (χ2n) is 2.95. The molecular formula is C10H9ClN2O. The van der Waals surface area contributed by atoms with Crippen LogP contribution in [-0.4, -0.2) is 15.4 Å². The number of alkyl halides is 1. The first-order valence-corrected chi connectivity index (χ1v) is 4.86. The summed E-state index contributed by atoms with van der Waals surface area (Å²) in [6.07, 6.45) is 1.53. The largest absolute Gasteiger partial charge is 0.298 e. The average molecular weight is 209 g/mol. The Morgan fingerprint density at radius 3 is 2.93 bits per heavy atom. The van der Waals surface area contributed by atoms with Crippen LogP contribution < -0.4 is 5.56 Å². The molecule has 2 rings (SSSR count). The predicted octanol–water partition coefficient (Wildman–Crippen LogP) is 1.64. The zero-order valence-corrected chi connectivity index (χ0v) is 8.24. The van der Waals surface area contributed by atoms with Crippen molar-refractivity contribution in [3.63, 3.8) is 0 Å². The average Bonchev–Trinajstić information content (AvgIpc) is 2.23. The maximum Gasteiger partial charge on any atom is 0.261 e. The molecule has 1 heterocycles. The highest BCUT2D eigenvalue weighted by Gasteiger charge is 2.01. The van der Waals surface area contributed by atoms with Crippen molar-refractivity contribution in [2.24, 2.45) is 0 Å². The third-order valence-corrected chi connectivity index (χ3v) is 2.23. The van der Waals surface area contributed by atoms with Crippen molar-refractivity contribution in [2.75, 3.05) is 5.88 Å². The molecule has 0 aliphatic heterocycles. The number of hydrogen-bond acceptors (Lipinski definition) is 2. The van der Waals surface area contributed by atoms with E-state index in [4.69, 9.17) is 11.6 Å². The van der Waals surface area contributed by atoms with Gasteiger partial charge in [-0.2, -0.15) is 0 Å². The SMILES string of the molecule is O=c1c2ccccc2ncn1CCCl. The molecule has 0 saturated heterocycles. The number of halogens is 1. The molecular weight excluding hydrogens is 200 g/mol. The molecule has 72 valence electrons. The van der Waals surface area contributed by atoms with Gasteiger partial charge in [-0.25, -0.2) is 4.98 Å². The van der Waals surface area contributed by atoms with Crippen LogP contribution in [0.5, 0.6) is 0 Å². The van der Waals surface area contributed by atoms with Gasteiger partial charge in [0.05, 0.1) is 17.2 Å². The van der Waals surface area contributed by atoms with Gasteiger partial charge in [-0.15, -0.1) is 11.6 Å². The van der Waals surface area contributed by atoms with Gasteiger partial charge in [-0.1, -0.05) is 12.1 Å². The molecule has 4 heteroatoms. The number of nitrogens with zero attached hydrogens (tertiary/aromatic N) is 2. The van der Waals surface area contributed by atoms with Crippen LogP contribution in [0.2, 0.25) is 0 Å². The van der Waals surface area contributed by atoms with E-state index in [1.807, 2.05) is 18.2 Å². The smallest absolute Gasteiger partial charge is 0.261 e. The fraction of sp³-hybridized carbons (Fsp3) is 0.200. The van der Waals surface area contributed by atoms with E-state index in [9.17, 15) is 4.79 Å². The number of aryl methyl sites for hydroxylation is 1. The van der Waals surface area contributed by atoms with Gasteiger partial charge in [0.2, 0.25) is 0 Å². The molecule has 14 heavy (non-hydrogen) atoms. The van der Waals surface area contributed by atoms with Gasteiger partial charge >= 0.3 is 0 Å². The Kier molecular flexibility index (Phi) is 2.50. The lowest BCUT2D eigenvalue weighted by atomic mass is 10.2. The molecule has 0 bridgehead atoms. The van der Waals surface area contributed by atoms with Gasteiger partial charge in [0.15, 0.2) is 0 Å². The molecule has 0 saturated carbocycles. The summed E-state index contributed by atoms with van der Waals surface area (Å²) >= 11 is 5.57. The molecule has 1 aromatic heterocycles. The van der Waals surface area contributed by atoms with E-state index in [2.05, 4.69) is 4.98 Å². The van der Waals surface area contributed by atoms with E-state index >= 15 is 0 Å². The van der Waals surface area contributed by atoms with E-state index in [1.54, 1.807) is 6.07 Å². The van der Waals surface area contributed by atoms with Crippen molar-refractivity contribution in [3.8, 4) is 0 Å². The van der Waals surface area contributed by atoms with Crippen LogP contribution in [0.3, 0.4) is 0 Å². The molecule has 2 aromatic rings. The van der Waals surface area contributed by atoms with Gasteiger partial charge in [0.1, 0.15) is 0 Å². The van der Waals surface area contributed by atoms with Crippen LogP contribution in [0.25, 0.3) is 10.9 Å². The van der Waals surface area contributed by atoms with Crippen molar-refractivity contribution >= 4 is 22.5 Å². The monoisotopic (exact) mass is 208 g/mol. The van der Waals surface area contributed by atoms with Crippen molar-refractivity contribution in [2.45, 2.75) is 6.54 Å². The zero-order valence-electron chi connectivity index (χ0n) is 7.48. The molecule has 0 atom stereocenters. The first kappa shape index (κ1) is 9.21. The number of aromatic nitrogens is 2. The first-order valence-electron chi connectivity index (χ1n) is 4.33. The third kappa shape index (κ3) is 1.51. The lowest BCUT2D eigenvalue weighted by molar-refractivity contribution is 0.722. The van der Waals surface area contributed by atoms with Crippen molar-refractivity contribution in [1.82, 2.24) is 9.55 Å². The van der Waals surface area contributed by atoms with Crippen molar-refractivity contribution in [3.05, 3.63) is 40.9 Å². The quantitative estimate of drug-likeness (QED) is 0.704. The molecule has 0 N–H and O–H groups in total. The van der Waals surface area contributed by atoms with Gasteiger partial charge in [0, 0.05) is 12.4 Å². The fourth-order valence-electron chi connectivity index (χ4n) is 1.36. The van der Waals surface area contributed by atoms with E-state index < -0.39 is 0 Å². The van der Waals surface area contributed by atoms with Crippen LogP contribution >= 0.6 is 11.6 Å².